The largest absolute Gasteiger partial charge is 0.481 e. The highest BCUT2D eigenvalue weighted by molar-refractivity contribution is 5.80. The van der Waals surface area contributed by atoms with E-state index in [4.69, 9.17) is 5.11 Å². The summed E-state index contributed by atoms with van der Waals surface area (Å²) in [5.41, 5.74) is 0. The number of aliphatic imine (C=N–C) groups is 1. The third kappa shape index (κ3) is 2.53. The monoisotopic (exact) mass is 170 g/mol. The Labute approximate surface area is 71.9 Å². The minimum atomic E-state index is -0.742. The van der Waals surface area contributed by atoms with Crippen molar-refractivity contribution < 1.29 is 9.90 Å². The normalized spacial score (nSPS) is 17.4. The average molecular weight is 170 g/mol. The first-order valence-electron chi connectivity index (χ1n) is 4.18. The maximum atomic E-state index is 10.3. The van der Waals surface area contributed by atoms with Crippen molar-refractivity contribution in [2.24, 2.45) is 4.99 Å². The first-order valence-corrected chi connectivity index (χ1v) is 4.18. The van der Waals surface area contributed by atoms with E-state index in [0.717, 1.165) is 25.3 Å². The Morgan fingerprint density at radius 2 is 2.50 bits per heavy atom. The van der Waals surface area contributed by atoms with Crippen molar-refractivity contribution in [3.05, 3.63) is 0 Å². The van der Waals surface area contributed by atoms with Crippen molar-refractivity contribution in [3.8, 4) is 0 Å². The van der Waals surface area contributed by atoms with E-state index in [9.17, 15) is 4.79 Å². The Bertz CT molecular complexity index is 201. The Morgan fingerprint density at radius 3 is 3.08 bits per heavy atom. The number of rotatable bonds is 3. The van der Waals surface area contributed by atoms with Crippen LogP contribution in [0.5, 0.6) is 0 Å². The molecule has 0 aliphatic carbocycles. The van der Waals surface area contributed by atoms with Crippen LogP contribution in [0.1, 0.15) is 19.8 Å². The number of carboxylic acid groups (broad SMARTS) is 1. The molecule has 0 atom stereocenters. The van der Waals surface area contributed by atoms with Gasteiger partial charge in [-0.25, -0.2) is 0 Å². The van der Waals surface area contributed by atoms with Crippen molar-refractivity contribution in [1.82, 2.24) is 4.90 Å². The van der Waals surface area contributed by atoms with Gasteiger partial charge in [0.2, 0.25) is 0 Å². The molecular formula is C8H14N2O2. The quantitative estimate of drug-likeness (QED) is 0.674. The van der Waals surface area contributed by atoms with Crippen LogP contribution in [0.3, 0.4) is 0 Å². The SMILES string of the molecule is CC1=NCCCN1CCC(=O)O. The molecule has 0 aromatic carbocycles. The molecule has 0 saturated carbocycles. The van der Waals surface area contributed by atoms with Gasteiger partial charge in [-0.2, -0.15) is 0 Å². The molecule has 0 aromatic rings. The highest BCUT2D eigenvalue weighted by Crippen LogP contribution is 2.03. The first-order chi connectivity index (χ1) is 5.70. The van der Waals surface area contributed by atoms with E-state index in [1.807, 2.05) is 11.8 Å². The van der Waals surface area contributed by atoms with E-state index in [1.165, 1.54) is 0 Å². The van der Waals surface area contributed by atoms with Crippen molar-refractivity contribution in [2.75, 3.05) is 19.6 Å². The lowest BCUT2D eigenvalue weighted by Gasteiger charge is -2.26. The molecule has 0 unspecified atom stereocenters. The van der Waals surface area contributed by atoms with Gasteiger partial charge in [-0.3, -0.25) is 9.79 Å². The Kier molecular flexibility index (Phi) is 3.08. The predicted octanol–water partition coefficient (Wildman–Crippen LogP) is 0.585. The number of aliphatic carboxylic acids is 1. The van der Waals surface area contributed by atoms with E-state index < -0.39 is 5.97 Å². The standard InChI is InChI=1S/C8H14N2O2/c1-7-9-4-2-5-10(7)6-3-8(11)12/h2-6H2,1H3,(H,11,12). The van der Waals surface area contributed by atoms with E-state index in [1.54, 1.807) is 0 Å². The van der Waals surface area contributed by atoms with Gasteiger partial charge in [0.1, 0.15) is 0 Å². The zero-order chi connectivity index (χ0) is 8.97. The second kappa shape index (κ2) is 4.09. The topological polar surface area (TPSA) is 52.9 Å². The Hall–Kier alpha value is -1.06. The molecule has 0 aromatic heterocycles. The summed E-state index contributed by atoms with van der Waals surface area (Å²) in [5, 5.41) is 8.46. The van der Waals surface area contributed by atoms with E-state index in [0.29, 0.717) is 6.54 Å². The summed E-state index contributed by atoms with van der Waals surface area (Å²) in [5.74, 6) is 0.232. The van der Waals surface area contributed by atoms with Crippen LogP contribution in [-0.2, 0) is 4.79 Å². The zero-order valence-electron chi connectivity index (χ0n) is 7.29. The molecule has 12 heavy (non-hydrogen) atoms. The molecule has 0 spiro atoms. The second-order valence-corrected chi connectivity index (χ2v) is 2.91. The smallest absolute Gasteiger partial charge is 0.305 e. The minimum absolute atomic E-state index is 0.201. The number of carboxylic acids is 1. The summed E-state index contributed by atoms with van der Waals surface area (Å²) < 4.78 is 0. The van der Waals surface area contributed by atoms with Crippen LogP contribution in [0.4, 0.5) is 0 Å². The third-order valence-electron chi connectivity index (χ3n) is 1.98. The molecule has 0 fully saturated rings. The maximum Gasteiger partial charge on any atom is 0.305 e. The van der Waals surface area contributed by atoms with E-state index in [2.05, 4.69) is 4.99 Å². The van der Waals surface area contributed by atoms with Crippen LogP contribution in [0.25, 0.3) is 0 Å². The molecule has 68 valence electrons. The molecule has 1 aliphatic rings. The van der Waals surface area contributed by atoms with Gasteiger partial charge in [-0.1, -0.05) is 0 Å². The first kappa shape index (κ1) is 9.03. The Morgan fingerprint density at radius 1 is 1.75 bits per heavy atom. The molecule has 0 saturated heterocycles. The van der Waals surface area contributed by atoms with Crippen LogP contribution in [0.2, 0.25) is 0 Å². The maximum absolute atomic E-state index is 10.3. The van der Waals surface area contributed by atoms with Gasteiger partial charge >= 0.3 is 5.97 Å². The minimum Gasteiger partial charge on any atom is -0.481 e. The predicted molar refractivity (Wildman–Crippen MR) is 46.4 cm³/mol. The van der Waals surface area contributed by atoms with Crippen molar-refractivity contribution in [3.63, 3.8) is 0 Å². The molecule has 0 bridgehead atoms. The molecule has 0 amide bonds. The molecule has 1 heterocycles. The third-order valence-corrected chi connectivity index (χ3v) is 1.98. The van der Waals surface area contributed by atoms with Crippen LogP contribution in [0, 0.1) is 0 Å². The lowest BCUT2D eigenvalue weighted by Crippen LogP contribution is -2.35. The van der Waals surface area contributed by atoms with Gasteiger partial charge in [0, 0.05) is 19.6 Å². The summed E-state index contributed by atoms with van der Waals surface area (Å²) in [6, 6.07) is 0. The number of hydrogen-bond acceptors (Lipinski definition) is 3. The summed E-state index contributed by atoms with van der Waals surface area (Å²) in [4.78, 5) is 16.5. The number of hydrogen-bond donors (Lipinski definition) is 1. The van der Waals surface area contributed by atoms with E-state index >= 15 is 0 Å². The lowest BCUT2D eigenvalue weighted by molar-refractivity contribution is -0.137. The highest BCUT2D eigenvalue weighted by Gasteiger charge is 2.11. The van der Waals surface area contributed by atoms with Crippen LogP contribution >= 0.6 is 0 Å². The van der Waals surface area contributed by atoms with Crippen molar-refractivity contribution >= 4 is 11.8 Å². The number of carbonyl (C=O) groups is 1. The Balaban J connectivity index is 2.35. The van der Waals surface area contributed by atoms with Crippen LogP contribution < -0.4 is 0 Å². The van der Waals surface area contributed by atoms with E-state index in [-0.39, 0.29) is 6.42 Å². The summed E-state index contributed by atoms with van der Waals surface area (Å²) in [7, 11) is 0. The van der Waals surface area contributed by atoms with Crippen LogP contribution in [-0.4, -0.2) is 41.4 Å². The second-order valence-electron chi connectivity index (χ2n) is 2.91. The van der Waals surface area contributed by atoms with Gasteiger partial charge < -0.3 is 10.0 Å². The number of nitrogens with zero attached hydrogens (tertiary/aromatic N) is 2. The fourth-order valence-electron chi connectivity index (χ4n) is 1.27. The molecular weight excluding hydrogens is 156 g/mol. The molecule has 1 N–H and O–H groups in total. The summed E-state index contributed by atoms with van der Waals surface area (Å²) in [6.45, 7) is 4.35. The highest BCUT2D eigenvalue weighted by atomic mass is 16.4. The van der Waals surface area contributed by atoms with Gasteiger partial charge in [0.05, 0.1) is 12.3 Å². The zero-order valence-corrected chi connectivity index (χ0v) is 7.29. The molecule has 1 rings (SSSR count). The average Bonchev–Trinajstić information content (AvgIpc) is 2.03. The molecule has 1 aliphatic heterocycles. The fourth-order valence-corrected chi connectivity index (χ4v) is 1.27. The van der Waals surface area contributed by atoms with Gasteiger partial charge in [-0.05, 0) is 13.3 Å². The molecule has 4 heteroatoms. The number of amidine groups is 1. The summed E-state index contributed by atoms with van der Waals surface area (Å²) in [6.07, 6.45) is 1.24. The lowest BCUT2D eigenvalue weighted by atomic mass is 10.3. The fraction of sp³-hybridized carbons (Fsp3) is 0.750. The van der Waals surface area contributed by atoms with Gasteiger partial charge in [-0.15, -0.1) is 0 Å². The van der Waals surface area contributed by atoms with Crippen LogP contribution in [0.15, 0.2) is 4.99 Å². The van der Waals surface area contributed by atoms with Gasteiger partial charge in [0.15, 0.2) is 0 Å². The molecule has 0 radical (unpaired) electrons. The summed E-state index contributed by atoms with van der Waals surface area (Å²) >= 11 is 0. The van der Waals surface area contributed by atoms with Crippen molar-refractivity contribution in [1.29, 1.82) is 0 Å². The molecule has 4 nitrogen and oxygen atoms in total. The van der Waals surface area contributed by atoms with Gasteiger partial charge in [0.25, 0.3) is 0 Å². The van der Waals surface area contributed by atoms with Crippen molar-refractivity contribution in [2.45, 2.75) is 19.8 Å².